The Morgan fingerprint density at radius 1 is 1.24 bits per heavy atom. The van der Waals surface area contributed by atoms with Crippen molar-refractivity contribution < 1.29 is 4.42 Å². The summed E-state index contributed by atoms with van der Waals surface area (Å²) in [6.45, 7) is 2.21. The van der Waals surface area contributed by atoms with E-state index < -0.39 is 0 Å². The Balaban J connectivity index is 1.55. The van der Waals surface area contributed by atoms with Crippen molar-refractivity contribution in [3.63, 3.8) is 0 Å². The number of rotatable bonds is 6. The lowest BCUT2D eigenvalue weighted by Crippen LogP contribution is -2.19. The Hall–Kier alpha value is -1.99. The van der Waals surface area contributed by atoms with Crippen LogP contribution in [0.5, 0.6) is 0 Å². The Labute approximate surface area is 130 Å². The molecule has 0 aliphatic rings. The van der Waals surface area contributed by atoms with E-state index in [1.807, 2.05) is 35.0 Å². The topological polar surface area (TPSA) is 68.8 Å². The van der Waals surface area contributed by atoms with Crippen LogP contribution in [-0.2, 0) is 13.1 Å². The number of imidazole rings is 1. The fraction of sp³-hybridized carbons (Fsp3) is 0.214. The first-order chi connectivity index (χ1) is 10.3. The Morgan fingerprint density at radius 2 is 2.14 bits per heavy atom. The first kappa shape index (κ1) is 14.0. The number of hydrogen-bond donors (Lipinski definition) is 1. The number of benzene rings is 1. The Morgan fingerprint density at radius 3 is 2.95 bits per heavy atom. The maximum absolute atomic E-state index is 5.65. The average molecular weight is 348 g/mol. The van der Waals surface area contributed by atoms with Gasteiger partial charge in [-0.15, -0.1) is 10.2 Å². The molecule has 3 rings (SSSR count). The molecule has 0 aliphatic heterocycles. The normalized spacial score (nSPS) is 10.9. The van der Waals surface area contributed by atoms with Crippen LogP contribution in [0.15, 0.2) is 51.9 Å². The van der Waals surface area contributed by atoms with Crippen molar-refractivity contribution in [2.24, 2.45) is 0 Å². The van der Waals surface area contributed by atoms with Gasteiger partial charge >= 0.3 is 0 Å². The van der Waals surface area contributed by atoms with E-state index in [0.29, 0.717) is 18.3 Å². The van der Waals surface area contributed by atoms with Gasteiger partial charge in [0.25, 0.3) is 0 Å². The van der Waals surface area contributed by atoms with Crippen LogP contribution >= 0.6 is 15.9 Å². The zero-order valence-corrected chi connectivity index (χ0v) is 12.8. The summed E-state index contributed by atoms with van der Waals surface area (Å²) in [4.78, 5) is 3.99. The van der Waals surface area contributed by atoms with Gasteiger partial charge in [0, 0.05) is 30.0 Å². The molecule has 0 unspecified atom stereocenters. The minimum absolute atomic E-state index is 0.522. The van der Waals surface area contributed by atoms with E-state index in [1.54, 1.807) is 12.5 Å². The molecule has 108 valence electrons. The molecule has 0 spiro atoms. The number of nitrogens with zero attached hydrogens (tertiary/aromatic N) is 4. The van der Waals surface area contributed by atoms with Gasteiger partial charge in [-0.25, -0.2) is 4.98 Å². The van der Waals surface area contributed by atoms with Gasteiger partial charge < -0.3 is 14.3 Å². The van der Waals surface area contributed by atoms with Gasteiger partial charge in [0.1, 0.15) is 0 Å². The molecule has 0 aliphatic carbocycles. The molecule has 1 aromatic carbocycles. The molecule has 0 amide bonds. The van der Waals surface area contributed by atoms with E-state index >= 15 is 0 Å². The van der Waals surface area contributed by atoms with E-state index in [1.165, 1.54) is 0 Å². The molecule has 2 heterocycles. The van der Waals surface area contributed by atoms with Gasteiger partial charge in [0.05, 0.1) is 18.4 Å². The quantitative estimate of drug-likeness (QED) is 0.693. The largest absolute Gasteiger partial charge is 0.419 e. The number of halogens is 1. The maximum atomic E-state index is 5.65. The predicted molar refractivity (Wildman–Crippen MR) is 81.4 cm³/mol. The molecule has 0 radical (unpaired) electrons. The van der Waals surface area contributed by atoms with E-state index in [-0.39, 0.29) is 0 Å². The molecule has 6 nitrogen and oxygen atoms in total. The lowest BCUT2D eigenvalue weighted by molar-refractivity contribution is 0.470. The number of nitrogens with one attached hydrogen (secondary N) is 1. The van der Waals surface area contributed by atoms with Crippen molar-refractivity contribution in [3.8, 4) is 11.5 Å². The molecule has 2 aromatic heterocycles. The summed E-state index contributed by atoms with van der Waals surface area (Å²) in [6, 6.07) is 7.77. The summed E-state index contributed by atoms with van der Waals surface area (Å²) in [5, 5.41) is 11.4. The zero-order valence-electron chi connectivity index (χ0n) is 11.2. The highest BCUT2D eigenvalue weighted by atomic mass is 79.9. The van der Waals surface area contributed by atoms with Crippen LogP contribution in [0.3, 0.4) is 0 Å². The molecule has 3 aromatic rings. The van der Waals surface area contributed by atoms with Crippen LogP contribution in [0.1, 0.15) is 5.89 Å². The molecule has 0 saturated heterocycles. The fourth-order valence-electron chi connectivity index (χ4n) is 1.89. The average Bonchev–Trinajstić information content (AvgIpc) is 3.16. The third kappa shape index (κ3) is 3.56. The van der Waals surface area contributed by atoms with Gasteiger partial charge in [-0.3, -0.25) is 0 Å². The second-order valence-electron chi connectivity index (χ2n) is 4.46. The minimum Gasteiger partial charge on any atom is -0.419 e. The summed E-state index contributed by atoms with van der Waals surface area (Å²) < 4.78 is 8.60. The predicted octanol–water partition coefficient (Wildman–Crippen LogP) is 2.49. The lowest BCUT2D eigenvalue weighted by atomic mass is 10.2. The van der Waals surface area contributed by atoms with Gasteiger partial charge in [-0.1, -0.05) is 12.1 Å². The third-order valence-corrected chi connectivity index (χ3v) is 3.64. The van der Waals surface area contributed by atoms with Crippen molar-refractivity contribution in [2.45, 2.75) is 13.1 Å². The van der Waals surface area contributed by atoms with Crippen molar-refractivity contribution in [1.82, 2.24) is 25.1 Å². The molecule has 0 atom stereocenters. The standard InChI is InChI=1S/C14H14BrN5O/c15-12-4-2-1-3-11(12)14-19-18-13(21-14)9-16-5-7-20-8-6-17-10-20/h1-4,6,8,10,16H,5,7,9H2. The van der Waals surface area contributed by atoms with Gasteiger partial charge in [0.15, 0.2) is 0 Å². The van der Waals surface area contributed by atoms with Gasteiger partial charge in [-0.05, 0) is 28.1 Å². The van der Waals surface area contributed by atoms with E-state index in [9.17, 15) is 0 Å². The van der Waals surface area contributed by atoms with Crippen LogP contribution in [-0.4, -0.2) is 26.3 Å². The third-order valence-electron chi connectivity index (χ3n) is 2.95. The maximum Gasteiger partial charge on any atom is 0.248 e. The summed E-state index contributed by atoms with van der Waals surface area (Å²) >= 11 is 3.48. The summed E-state index contributed by atoms with van der Waals surface area (Å²) in [7, 11) is 0. The summed E-state index contributed by atoms with van der Waals surface area (Å²) in [5.41, 5.74) is 0.898. The second-order valence-corrected chi connectivity index (χ2v) is 5.31. The lowest BCUT2D eigenvalue weighted by Gasteiger charge is -2.02. The Bertz CT molecular complexity index is 695. The second kappa shape index (κ2) is 6.64. The van der Waals surface area contributed by atoms with Crippen LogP contribution in [0.2, 0.25) is 0 Å². The van der Waals surface area contributed by atoms with Crippen LogP contribution in [0.25, 0.3) is 11.5 Å². The van der Waals surface area contributed by atoms with Crippen molar-refractivity contribution >= 4 is 15.9 Å². The molecule has 7 heteroatoms. The van der Waals surface area contributed by atoms with E-state index in [4.69, 9.17) is 4.42 Å². The van der Waals surface area contributed by atoms with Crippen molar-refractivity contribution in [3.05, 3.63) is 53.3 Å². The molecule has 0 saturated carbocycles. The molecule has 0 fully saturated rings. The van der Waals surface area contributed by atoms with Crippen LogP contribution < -0.4 is 5.32 Å². The van der Waals surface area contributed by atoms with Crippen LogP contribution in [0, 0.1) is 0 Å². The molecular weight excluding hydrogens is 334 g/mol. The smallest absolute Gasteiger partial charge is 0.248 e. The molecule has 21 heavy (non-hydrogen) atoms. The first-order valence-corrected chi connectivity index (χ1v) is 7.36. The highest BCUT2D eigenvalue weighted by Crippen LogP contribution is 2.26. The summed E-state index contributed by atoms with van der Waals surface area (Å²) in [6.07, 6.45) is 5.49. The molecule has 0 bridgehead atoms. The highest BCUT2D eigenvalue weighted by Gasteiger charge is 2.10. The van der Waals surface area contributed by atoms with Crippen molar-refractivity contribution in [1.29, 1.82) is 0 Å². The Kier molecular flexibility index (Phi) is 4.42. The highest BCUT2D eigenvalue weighted by molar-refractivity contribution is 9.10. The van der Waals surface area contributed by atoms with Crippen molar-refractivity contribution in [2.75, 3.05) is 6.54 Å². The number of hydrogen-bond acceptors (Lipinski definition) is 5. The van der Waals surface area contributed by atoms with E-state index in [2.05, 4.69) is 36.4 Å². The zero-order chi connectivity index (χ0) is 14.5. The monoisotopic (exact) mass is 347 g/mol. The number of aromatic nitrogens is 4. The minimum atomic E-state index is 0.522. The van der Waals surface area contributed by atoms with E-state index in [0.717, 1.165) is 23.1 Å². The van der Waals surface area contributed by atoms with Crippen LogP contribution in [0.4, 0.5) is 0 Å². The SMILES string of the molecule is Brc1ccccc1-c1nnc(CNCCn2ccnc2)o1. The fourth-order valence-corrected chi connectivity index (χ4v) is 2.35. The van der Waals surface area contributed by atoms with Gasteiger partial charge in [-0.2, -0.15) is 0 Å². The molecule has 1 N–H and O–H groups in total. The first-order valence-electron chi connectivity index (χ1n) is 6.56. The molecular formula is C14H14BrN5O. The summed E-state index contributed by atoms with van der Waals surface area (Å²) in [5.74, 6) is 1.10. The van der Waals surface area contributed by atoms with Gasteiger partial charge in [0.2, 0.25) is 11.8 Å².